The van der Waals surface area contributed by atoms with Crippen molar-refractivity contribution in [2.45, 2.75) is 33.7 Å². The number of ether oxygens (including phenoxy) is 1. The van der Waals surface area contributed by atoms with E-state index in [9.17, 15) is 14.4 Å². The molecule has 0 fully saturated rings. The molecule has 3 heterocycles. The number of hydrogen-bond donors (Lipinski definition) is 0. The van der Waals surface area contributed by atoms with Gasteiger partial charge in [-0.05, 0) is 57.5 Å². The maximum atomic E-state index is 13.3. The van der Waals surface area contributed by atoms with E-state index in [-0.39, 0.29) is 34.6 Å². The standard InChI is InChI=1S/C25H24N4O4/c1-5-33-25(32)19-14-18-21(26-20-12-8-9-13-28(20)24(18)31)29(15(2)3)22(19)27-23(30)17-11-7-6-10-16(17)4/h6-15H,5H2,1-4H3. The van der Waals surface area contributed by atoms with E-state index in [2.05, 4.69) is 9.98 Å². The Morgan fingerprint density at radius 3 is 2.52 bits per heavy atom. The molecule has 0 aliphatic rings. The van der Waals surface area contributed by atoms with Crippen molar-refractivity contribution < 1.29 is 14.3 Å². The van der Waals surface area contributed by atoms with Crippen LogP contribution in [0.3, 0.4) is 0 Å². The van der Waals surface area contributed by atoms with E-state index in [0.717, 1.165) is 5.56 Å². The SMILES string of the molecule is CCOC(=O)c1cc2c(=O)n3ccccc3nc2n(C(C)C)c1=NC(=O)c1ccccc1C. The number of amides is 1. The third-order valence-corrected chi connectivity index (χ3v) is 5.33. The number of carbonyl (C=O) groups excluding carboxylic acids is 2. The molecule has 0 spiro atoms. The Bertz CT molecular complexity index is 1530. The van der Waals surface area contributed by atoms with Gasteiger partial charge in [-0.15, -0.1) is 0 Å². The summed E-state index contributed by atoms with van der Waals surface area (Å²) in [6.45, 7) is 7.40. The molecule has 0 atom stereocenters. The van der Waals surface area contributed by atoms with Crippen LogP contribution in [0.25, 0.3) is 16.7 Å². The van der Waals surface area contributed by atoms with Crippen molar-refractivity contribution in [1.82, 2.24) is 14.0 Å². The molecule has 0 N–H and O–H groups in total. The first-order valence-corrected chi connectivity index (χ1v) is 10.7. The number of aromatic nitrogens is 3. The minimum atomic E-state index is -0.664. The van der Waals surface area contributed by atoms with Gasteiger partial charge in [0, 0.05) is 17.8 Å². The Labute approximate surface area is 189 Å². The predicted octanol–water partition coefficient (Wildman–Crippen LogP) is 3.46. The highest BCUT2D eigenvalue weighted by Crippen LogP contribution is 2.16. The summed E-state index contributed by atoms with van der Waals surface area (Å²) in [5.41, 5.74) is 1.80. The molecule has 168 valence electrons. The number of rotatable bonds is 4. The van der Waals surface area contributed by atoms with Crippen LogP contribution in [0.5, 0.6) is 0 Å². The number of hydrogen-bond acceptors (Lipinski definition) is 5. The number of benzene rings is 1. The monoisotopic (exact) mass is 444 g/mol. The fourth-order valence-corrected chi connectivity index (χ4v) is 3.77. The number of carbonyl (C=O) groups is 2. The Kier molecular flexibility index (Phi) is 5.91. The van der Waals surface area contributed by atoms with Crippen molar-refractivity contribution in [3.8, 4) is 0 Å². The molecule has 0 saturated carbocycles. The van der Waals surface area contributed by atoms with Crippen LogP contribution in [0.2, 0.25) is 0 Å². The number of pyridine rings is 2. The molecule has 4 aromatic rings. The summed E-state index contributed by atoms with van der Waals surface area (Å²) in [7, 11) is 0. The molecule has 0 bridgehead atoms. The van der Waals surface area contributed by atoms with Crippen LogP contribution in [0.1, 0.15) is 53.1 Å². The first-order chi connectivity index (χ1) is 15.8. The third-order valence-electron chi connectivity index (χ3n) is 5.33. The summed E-state index contributed by atoms with van der Waals surface area (Å²) < 4.78 is 8.30. The van der Waals surface area contributed by atoms with Crippen LogP contribution in [0, 0.1) is 6.92 Å². The van der Waals surface area contributed by atoms with Crippen molar-refractivity contribution in [3.05, 3.63) is 87.3 Å². The predicted molar refractivity (Wildman–Crippen MR) is 124 cm³/mol. The zero-order valence-electron chi connectivity index (χ0n) is 18.9. The lowest BCUT2D eigenvalue weighted by Gasteiger charge is -2.17. The van der Waals surface area contributed by atoms with E-state index in [1.54, 1.807) is 48.0 Å². The fourth-order valence-electron chi connectivity index (χ4n) is 3.77. The zero-order chi connectivity index (χ0) is 23.7. The Morgan fingerprint density at radius 1 is 1.09 bits per heavy atom. The zero-order valence-corrected chi connectivity index (χ0v) is 18.9. The molecule has 3 aromatic heterocycles. The molecular weight excluding hydrogens is 420 g/mol. The van der Waals surface area contributed by atoms with Gasteiger partial charge in [-0.25, -0.2) is 9.78 Å². The third kappa shape index (κ3) is 3.95. The van der Waals surface area contributed by atoms with E-state index >= 15 is 0 Å². The lowest BCUT2D eigenvalue weighted by molar-refractivity contribution is 0.0523. The van der Waals surface area contributed by atoms with Crippen LogP contribution < -0.4 is 11.0 Å². The van der Waals surface area contributed by atoms with Crippen molar-refractivity contribution in [2.75, 3.05) is 6.61 Å². The van der Waals surface area contributed by atoms with Gasteiger partial charge in [-0.3, -0.25) is 14.0 Å². The van der Waals surface area contributed by atoms with E-state index in [1.165, 1.54) is 10.5 Å². The molecular formula is C25H24N4O4. The molecule has 33 heavy (non-hydrogen) atoms. The van der Waals surface area contributed by atoms with Gasteiger partial charge in [0.1, 0.15) is 16.9 Å². The number of fused-ring (bicyclic) bond motifs is 2. The number of esters is 1. The molecule has 0 unspecified atom stereocenters. The normalized spacial score (nSPS) is 12.0. The van der Waals surface area contributed by atoms with E-state index in [0.29, 0.717) is 16.9 Å². The van der Waals surface area contributed by atoms with Gasteiger partial charge in [0.15, 0.2) is 5.49 Å². The summed E-state index contributed by atoms with van der Waals surface area (Å²) in [5, 5.41) is 0.234. The lowest BCUT2D eigenvalue weighted by atomic mass is 10.1. The lowest BCUT2D eigenvalue weighted by Crippen LogP contribution is -2.33. The molecule has 0 saturated heterocycles. The topological polar surface area (TPSA) is 95.0 Å². The summed E-state index contributed by atoms with van der Waals surface area (Å²) in [6.07, 6.45) is 1.62. The highest BCUT2D eigenvalue weighted by Gasteiger charge is 2.21. The second-order valence-electron chi connectivity index (χ2n) is 7.88. The highest BCUT2D eigenvalue weighted by atomic mass is 16.5. The van der Waals surface area contributed by atoms with Crippen molar-refractivity contribution >= 4 is 28.6 Å². The minimum absolute atomic E-state index is 0.0368. The first kappa shape index (κ1) is 22.1. The van der Waals surface area contributed by atoms with Crippen LogP contribution in [0.4, 0.5) is 0 Å². The Hall–Kier alpha value is -4.07. The summed E-state index contributed by atoms with van der Waals surface area (Å²) in [5.74, 6) is -1.16. The van der Waals surface area contributed by atoms with Gasteiger partial charge >= 0.3 is 5.97 Å². The Morgan fingerprint density at radius 2 is 1.82 bits per heavy atom. The van der Waals surface area contributed by atoms with Gasteiger partial charge < -0.3 is 9.30 Å². The smallest absolute Gasteiger partial charge is 0.341 e. The average Bonchev–Trinajstić information content (AvgIpc) is 2.79. The molecule has 0 aliphatic carbocycles. The van der Waals surface area contributed by atoms with Gasteiger partial charge in [0.05, 0.1) is 12.0 Å². The van der Waals surface area contributed by atoms with Gasteiger partial charge in [-0.2, -0.15) is 4.99 Å². The first-order valence-electron chi connectivity index (χ1n) is 10.7. The molecule has 1 amide bonds. The highest BCUT2D eigenvalue weighted by molar-refractivity contribution is 5.98. The maximum Gasteiger partial charge on any atom is 0.341 e. The van der Waals surface area contributed by atoms with E-state index in [4.69, 9.17) is 4.74 Å². The molecule has 0 aliphatic heterocycles. The van der Waals surface area contributed by atoms with Crippen molar-refractivity contribution in [3.63, 3.8) is 0 Å². The summed E-state index contributed by atoms with van der Waals surface area (Å²) >= 11 is 0. The Balaban J connectivity index is 2.16. The number of nitrogens with zero attached hydrogens (tertiary/aromatic N) is 4. The fraction of sp³-hybridized carbons (Fsp3) is 0.240. The number of aryl methyl sites for hydroxylation is 1. The molecule has 0 radical (unpaired) electrons. The summed E-state index contributed by atoms with van der Waals surface area (Å²) in [6, 6.07) is 13.5. The minimum Gasteiger partial charge on any atom is -0.462 e. The van der Waals surface area contributed by atoms with E-state index < -0.39 is 11.9 Å². The average molecular weight is 444 g/mol. The van der Waals surface area contributed by atoms with E-state index in [1.807, 2.05) is 32.9 Å². The van der Waals surface area contributed by atoms with Crippen LogP contribution >= 0.6 is 0 Å². The maximum absolute atomic E-state index is 13.3. The quantitative estimate of drug-likeness (QED) is 0.355. The largest absolute Gasteiger partial charge is 0.462 e. The molecule has 8 heteroatoms. The van der Waals surface area contributed by atoms with Gasteiger partial charge in [0.25, 0.3) is 11.5 Å². The molecule has 1 aromatic carbocycles. The molecule has 4 rings (SSSR count). The second-order valence-corrected chi connectivity index (χ2v) is 7.88. The van der Waals surface area contributed by atoms with Crippen LogP contribution in [-0.2, 0) is 4.74 Å². The second kappa shape index (κ2) is 8.82. The molecule has 8 nitrogen and oxygen atoms in total. The van der Waals surface area contributed by atoms with Crippen molar-refractivity contribution in [2.24, 2.45) is 4.99 Å². The van der Waals surface area contributed by atoms with Crippen LogP contribution in [0.15, 0.2) is 64.5 Å². The summed E-state index contributed by atoms with van der Waals surface area (Å²) in [4.78, 5) is 48.3. The van der Waals surface area contributed by atoms with Crippen molar-refractivity contribution in [1.29, 1.82) is 0 Å². The van der Waals surface area contributed by atoms with Gasteiger partial charge in [-0.1, -0.05) is 24.3 Å². The van der Waals surface area contributed by atoms with Gasteiger partial charge in [0.2, 0.25) is 0 Å². The van der Waals surface area contributed by atoms with Crippen LogP contribution in [-0.4, -0.2) is 32.4 Å².